The highest BCUT2D eigenvalue weighted by Crippen LogP contribution is 2.26. The molecule has 1 amide bonds. The van der Waals surface area contributed by atoms with E-state index in [1.54, 1.807) is 6.92 Å². The number of anilines is 2. The molecule has 0 aromatic heterocycles. The van der Waals surface area contributed by atoms with Crippen LogP contribution in [-0.2, 0) is 9.53 Å². The molecule has 1 aliphatic rings. The first-order valence-electron chi connectivity index (χ1n) is 8.38. The van der Waals surface area contributed by atoms with Crippen molar-refractivity contribution in [1.29, 1.82) is 0 Å². The maximum Gasteiger partial charge on any atom is 0.237 e. The average molecular weight is 378 g/mol. The quantitative estimate of drug-likeness (QED) is 0.801. The molecule has 1 fully saturated rings. The zero-order valence-corrected chi connectivity index (χ0v) is 15.2. The molecule has 0 bridgehead atoms. The van der Waals surface area contributed by atoms with Gasteiger partial charge in [0.25, 0.3) is 0 Å². The Bertz CT molecular complexity index is 765. The van der Waals surface area contributed by atoms with Crippen molar-refractivity contribution < 1.29 is 18.3 Å². The van der Waals surface area contributed by atoms with Crippen molar-refractivity contribution in [2.75, 3.05) is 36.5 Å². The van der Waals surface area contributed by atoms with Crippen molar-refractivity contribution >= 4 is 29.0 Å². The van der Waals surface area contributed by atoms with Crippen LogP contribution < -0.4 is 10.2 Å². The van der Waals surface area contributed by atoms with Crippen LogP contribution in [0, 0.1) is 11.6 Å². The Labute approximate surface area is 155 Å². The first kappa shape index (κ1) is 18.7. The Balaban J connectivity index is 1.57. The lowest BCUT2D eigenvalue weighted by atomic mass is 10.2. The molecule has 0 unspecified atom stereocenters. The second kappa shape index (κ2) is 8.51. The van der Waals surface area contributed by atoms with Gasteiger partial charge in [0.05, 0.1) is 18.5 Å². The number of hydrogen-bond acceptors (Lipinski definition) is 4. The van der Waals surface area contributed by atoms with Gasteiger partial charge in [0.2, 0.25) is 5.91 Å². The fourth-order valence-electron chi connectivity index (χ4n) is 2.63. The second-order valence-electron chi connectivity index (χ2n) is 5.97. The van der Waals surface area contributed by atoms with E-state index in [1.807, 2.05) is 24.3 Å². The molecule has 1 N–H and O–H groups in total. The van der Waals surface area contributed by atoms with Crippen molar-refractivity contribution in [2.45, 2.75) is 17.1 Å². The molecule has 1 aliphatic heterocycles. The van der Waals surface area contributed by atoms with E-state index in [0.717, 1.165) is 44.1 Å². The van der Waals surface area contributed by atoms with Crippen LogP contribution in [0.25, 0.3) is 0 Å². The van der Waals surface area contributed by atoms with Crippen LogP contribution in [0.4, 0.5) is 20.2 Å². The number of ether oxygens (including phenoxy) is 1. The van der Waals surface area contributed by atoms with Gasteiger partial charge in [-0.3, -0.25) is 4.79 Å². The van der Waals surface area contributed by atoms with Gasteiger partial charge in [-0.15, -0.1) is 11.8 Å². The molecular formula is C19H20F2N2O2S. The summed E-state index contributed by atoms with van der Waals surface area (Å²) in [6.07, 6.45) is 0. The highest BCUT2D eigenvalue weighted by atomic mass is 32.2. The predicted molar refractivity (Wildman–Crippen MR) is 99.8 cm³/mol. The summed E-state index contributed by atoms with van der Waals surface area (Å²) in [5.41, 5.74) is 1.79. The van der Waals surface area contributed by atoms with E-state index in [4.69, 9.17) is 4.74 Å². The smallest absolute Gasteiger partial charge is 0.237 e. The number of rotatable bonds is 5. The van der Waals surface area contributed by atoms with E-state index in [0.29, 0.717) is 10.6 Å². The maximum absolute atomic E-state index is 13.3. The van der Waals surface area contributed by atoms with Gasteiger partial charge in [0, 0.05) is 29.4 Å². The number of hydrogen-bond donors (Lipinski definition) is 1. The summed E-state index contributed by atoms with van der Waals surface area (Å²) < 4.78 is 31.6. The number of amides is 1. The molecule has 1 saturated heterocycles. The normalized spacial score (nSPS) is 15.6. The number of morpholine rings is 1. The van der Waals surface area contributed by atoms with E-state index in [2.05, 4.69) is 10.2 Å². The van der Waals surface area contributed by atoms with Crippen LogP contribution in [0.2, 0.25) is 0 Å². The third-order valence-corrected chi connectivity index (χ3v) is 5.18. The first-order chi connectivity index (χ1) is 12.5. The molecule has 3 rings (SSSR count). The minimum Gasteiger partial charge on any atom is -0.378 e. The summed E-state index contributed by atoms with van der Waals surface area (Å²) in [7, 11) is 0. The van der Waals surface area contributed by atoms with Gasteiger partial charge in [-0.1, -0.05) is 0 Å². The molecule has 1 atom stereocenters. The Morgan fingerprint density at radius 2 is 1.81 bits per heavy atom. The maximum atomic E-state index is 13.3. The molecule has 2 aromatic carbocycles. The number of benzene rings is 2. The fraction of sp³-hybridized carbons (Fsp3) is 0.316. The lowest BCUT2D eigenvalue weighted by Gasteiger charge is -2.28. The van der Waals surface area contributed by atoms with E-state index >= 15 is 0 Å². The summed E-state index contributed by atoms with van der Waals surface area (Å²) in [6.45, 7) is 4.87. The Hall–Kier alpha value is -2.12. The first-order valence-corrected chi connectivity index (χ1v) is 9.26. The summed E-state index contributed by atoms with van der Waals surface area (Å²) in [5.74, 6) is -2.01. The van der Waals surface area contributed by atoms with Crippen molar-refractivity contribution in [1.82, 2.24) is 0 Å². The molecule has 1 heterocycles. The topological polar surface area (TPSA) is 41.6 Å². The highest BCUT2D eigenvalue weighted by Gasteiger charge is 2.16. The van der Waals surface area contributed by atoms with Gasteiger partial charge < -0.3 is 15.0 Å². The average Bonchev–Trinajstić information content (AvgIpc) is 2.66. The minimum absolute atomic E-state index is 0.196. The van der Waals surface area contributed by atoms with Crippen LogP contribution in [0.3, 0.4) is 0 Å². The number of halogens is 2. The molecule has 0 spiro atoms. The van der Waals surface area contributed by atoms with Crippen LogP contribution in [0.15, 0.2) is 47.4 Å². The molecule has 0 saturated carbocycles. The van der Waals surface area contributed by atoms with Crippen LogP contribution in [0.5, 0.6) is 0 Å². The third-order valence-electron chi connectivity index (χ3n) is 4.08. The van der Waals surface area contributed by atoms with Crippen molar-refractivity contribution in [3.8, 4) is 0 Å². The minimum atomic E-state index is -0.915. The van der Waals surface area contributed by atoms with Crippen LogP contribution >= 0.6 is 11.8 Å². The third kappa shape index (κ3) is 4.74. The number of nitrogens with zero attached hydrogens (tertiary/aromatic N) is 1. The van der Waals surface area contributed by atoms with Crippen LogP contribution in [-0.4, -0.2) is 37.5 Å². The molecule has 2 aromatic rings. The van der Waals surface area contributed by atoms with Gasteiger partial charge >= 0.3 is 0 Å². The predicted octanol–water partition coefficient (Wildman–Crippen LogP) is 3.92. The summed E-state index contributed by atoms with van der Waals surface area (Å²) in [5, 5.41) is 2.40. The molecule has 26 heavy (non-hydrogen) atoms. The monoisotopic (exact) mass is 378 g/mol. The SMILES string of the molecule is C[C@@H](Sc1ccc(F)c(F)c1)C(=O)Nc1ccc(N2CCOCC2)cc1. The number of thioether (sulfide) groups is 1. The zero-order chi connectivity index (χ0) is 18.5. The molecule has 138 valence electrons. The Morgan fingerprint density at radius 3 is 2.46 bits per heavy atom. The number of carbonyl (C=O) groups excluding carboxylic acids is 1. The Morgan fingerprint density at radius 1 is 1.12 bits per heavy atom. The summed E-state index contributed by atoms with van der Waals surface area (Å²) in [6, 6.07) is 11.3. The number of nitrogens with one attached hydrogen (secondary N) is 1. The van der Waals surface area contributed by atoms with E-state index in [1.165, 1.54) is 17.8 Å². The summed E-state index contributed by atoms with van der Waals surface area (Å²) >= 11 is 1.18. The molecule has 0 radical (unpaired) electrons. The fourth-order valence-corrected chi connectivity index (χ4v) is 3.52. The zero-order valence-electron chi connectivity index (χ0n) is 14.4. The molecule has 4 nitrogen and oxygen atoms in total. The van der Waals surface area contributed by atoms with Crippen LogP contribution in [0.1, 0.15) is 6.92 Å². The van der Waals surface area contributed by atoms with Gasteiger partial charge in [0.15, 0.2) is 11.6 Å². The van der Waals surface area contributed by atoms with Gasteiger partial charge in [-0.2, -0.15) is 0 Å². The van der Waals surface area contributed by atoms with Crippen molar-refractivity contribution in [3.63, 3.8) is 0 Å². The van der Waals surface area contributed by atoms with Gasteiger partial charge in [-0.25, -0.2) is 8.78 Å². The standard InChI is InChI=1S/C19H20F2N2O2S/c1-13(26-16-6-7-17(20)18(21)12-16)19(24)22-14-2-4-15(5-3-14)23-8-10-25-11-9-23/h2-7,12-13H,8-11H2,1H3,(H,22,24)/t13-/m1/s1. The summed E-state index contributed by atoms with van der Waals surface area (Å²) in [4.78, 5) is 15.1. The molecular weight excluding hydrogens is 358 g/mol. The van der Waals surface area contributed by atoms with Gasteiger partial charge in [-0.05, 0) is 49.4 Å². The second-order valence-corrected chi connectivity index (χ2v) is 7.39. The Kier molecular flexibility index (Phi) is 6.11. The van der Waals surface area contributed by atoms with E-state index in [9.17, 15) is 13.6 Å². The lowest BCUT2D eigenvalue weighted by molar-refractivity contribution is -0.115. The lowest BCUT2D eigenvalue weighted by Crippen LogP contribution is -2.36. The highest BCUT2D eigenvalue weighted by molar-refractivity contribution is 8.00. The number of carbonyl (C=O) groups is 1. The molecule has 7 heteroatoms. The molecule has 0 aliphatic carbocycles. The van der Waals surface area contributed by atoms with Crippen molar-refractivity contribution in [3.05, 3.63) is 54.1 Å². The largest absolute Gasteiger partial charge is 0.378 e. The van der Waals surface area contributed by atoms with E-state index in [-0.39, 0.29) is 5.91 Å². The van der Waals surface area contributed by atoms with Gasteiger partial charge in [0.1, 0.15) is 0 Å². The van der Waals surface area contributed by atoms with E-state index < -0.39 is 16.9 Å². The van der Waals surface area contributed by atoms with Crippen molar-refractivity contribution in [2.24, 2.45) is 0 Å².